The van der Waals surface area contributed by atoms with Crippen molar-refractivity contribution < 1.29 is 0 Å². The minimum absolute atomic E-state index is 0.279. The van der Waals surface area contributed by atoms with Crippen LogP contribution in [0, 0.1) is 35.5 Å². The SMILES string of the molecule is ClC1(Cl)[C@H]2C[C@@H]([C@H]3[C@H]2[C@@H]2C=C[C@@H]3C2)C1(Cl)Cl. The molecule has 0 amide bonds. The number of rotatable bonds is 0. The van der Waals surface area contributed by atoms with Crippen molar-refractivity contribution in [1.29, 1.82) is 0 Å². The maximum Gasteiger partial charge on any atom is 0.154 e. The van der Waals surface area contributed by atoms with Crippen LogP contribution in [0.25, 0.3) is 0 Å². The molecule has 0 aliphatic heterocycles. The molecule has 16 heavy (non-hydrogen) atoms. The summed E-state index contributed by atoms with van der Waals surface area (Å²) in [5.41, 5.74) is 0. The van der Waals surface area contributed by atoms with Crippen molar-refractivity contribution in [2.75, 3.05) is 0 Å². The van der Waals surface area contributed by atoms with Gasteiger partial charge in [0.1, 0.15) is 0 Å². The van der Waals surface area contributed by atoms with Gasteiger partial charge in [-0.25, -0.2) is 0 Å². The molecule has 3 fully saturated rings. The molecule has 0 unspecified atom stereocenters. The first-order valence-corrected chi connectivity index (χ1v) is 7.39. The molecule has 0 aromatic heterocycles. The van der Waals surface area contributed by atoms with E-state index in [1.807, 2.05) is 0 Å². The summed E-state index contributed by atoms with van der Waals surface area (Å²) < 4.78 is -1.92. The lowest BCUT2D eigenvalue weighted by Gasteiger charge is -2.45. The van der Waals surface area contributed by atoms with Gasteiger partial charge in [0.05, 0.1) is 0 Å². The summed E-state index contributed by atoms with van der Waals surface area (Å²) in [6.07, 6.45) is 6.96. The molecule has 3 saturated carbocycles. The number of hydrogen-bond donors (Lipinski definition) is 0. The van der Waals surface area contributed by atoms with Crippen LogP contribution in [-0.2, 0) is 0 Å². The van der Waals surface area contributed by atoms with E-state index < -0.39 is 8.67 Å². The van der Waals surface area contributed by atoms with Crippen LogP contribution in [0.3, 0.4) is 0 Å². The van der Waals surface area contributed by atoms with Crippen molar-refractivity contribution in [3.8, 4) is 0 Å². The second-order valence-corrected chi connectivity index (χ2v) is 8.57. The smallest absolute Gasteiger partial charge is 0.0980 e. The van der Waals surface area contributed by atoms with Crippen LogP contribution < -0.4 is 0 Å². The fraction of sp³-hybridized carbons (Fsp3) is 0.833. The van der Waals surface area contributed by atoms with Crippen molar-refractivity contribution in [2.45, 2.75) is 21.5 Å². The van der Waals surface area contributed by atoms with Gasteiger partial charge in [0.15, 0.2) is 8.67 Å². The Bertz CT molecular complexity index is 352. The zero-order valence-electron chi connectivity index (χ0n) is 8.54. The minimum Gasteiger partial charge on any atom is -0.0980 e. The number of hydrogen-bond acceptors (Lipinski definition) is 0. The van der Waals surface area contributed by atoms with Gasteiger partial charge in [-0.15, -0.1) is 0 Å². The Labute approximate surface area is 115 Å². The summed E-state index contributed by atoms with van der Waals surface area (Å²) in [6, 6.07) is 0. The number of fused-ring (bicyclic) bond motifs is 9. The van der Waals surface area contributed by atoms with E-state index in [1.54, 1.807) is 0 Å². The van der Waals surface area contributed by atoms with Crippen LogP contribution >= 0.6 is 46.4 Å². The van der Waals surface area contributed by atoms with Crippen LogP contribution in [0.2, 0.25) is 0 Å². The molecule has 4 rings (SSSR count). The topological polar surface area (TPSA) is 0 Å². The fourth-order valence-electron chi connectivity index (χ4n) is 4.89. The quantitative estimate of drug-likeness (QED) is 0.353. The summed E-state index contributed by atoms with van der Waals surface area (Å²) in [5, 5.41) is 0. The Morgan fingerprint density at radius 3 is 1.62 bits per heavy atom. The maximum absolute atomic E-state index is 6.44. The van der Waals surface area contributed by atoms with E-state index in [0.717, 1.165) is 6.42 Å². The Morgan fingerprint density at radius 1 is 0.750 bits per heavy atom. The third kappa shape index (κ3) is 0.955. The Hall–Kier alpha value is 0.900. The van der Waals surface area contributed by atoms with Gasteiger partial charge < -0.3 is 0 Å². The molecular weight excluding hydrogens is 286 g/mol. The second kappa shape index (κ2) is 2.90. The fourth-order valence-corrected chi connectivity index (χ4v) is 6.39. The first kappa shape index (κ1) is 10.8. The highest BCUT2D eigenvalue weighted by Crippen LogP contribution is 2.75. The van der Waals surface area contributed by atoms with Crippen LogP contribution in [0.5, 0.6) is 0 Å². The average Bonchev–Trinajstić information content (AvgIpc) is 2.89. The Morgan fingerprint density at radius 2 is 1.19 bits per heavy atom. The highest BCUT2D eigenvalue weighted by Gasteiger charge is 2.75. The molecule has 88 valence electrons. The molecule has 0 nitrogen and oxygen atoms in total. The van der Waals surface area contributed by atoms with Crippen molar-refractivity contribution >= 4 is 46.4 Å². The summed E-state index contributed by atoms with van der Waals surface area (Å²) in [4.78, 5) is 0. The lowest BCUT2D eigenvalue weighted by atomic mass is 9.72. The van der Waals surface area contributed by atoms with Gasteiger partial charge in [0, 0.05) is 0 Å². The van der Waals surface area contributed by atoms with E-state index in [0.29, 0.717) is 23.7 Å². The molecule has 4 bridgehead atoms. The molecule has 4 heteroatoms. The first-order chi connectivity index (χ1) is 7.44. The molecule has 6 atom stereocenters. The number of halogens is 4. The van der Waals surface area contributed by atoms with Crippen LogP contribution in [0.4, 0.5) is 0 Å². The summed E-state index contributed by atoms with van der Waals surface area (Å²) in [5.74, 6) is 3.15. The lowest BCUT2D eigenvalue weighted by Crippen LogP contribution is -2.50. The van der Waals surface area contributed by atoms with Crippen molar-refractivity contribution in [1.82, 2.24) is 0 Å². The number of alkyl halides is 4. The van der Waals surface area contributed by atoms with Gasteiger partial charge in [-0.1, -0.05) is 58.6 Å². The number of allylic oxidation sites excluding steroid dienone is 2. The molecular formula is C12H12Cl4. The van der Waals surface area contributed by atoms with E-state index in [9.17, 15) is 0 Å². The standard InChI is InChI=1S/C12H12Cl4/c13-11(14)7-4-8(12(11,15)16)10-6-2-1-5(3-6)9(7)10/h1-2,5-10H,3-4H2/t5-,6-,7+,8+,9+,10+/m1/s1. The van der Waals surface area contributed by atoms with E-state index in [1.165, 1.54) is 6.42 Å². The minimum atomic E-state index is -0.958. The predicted octanol–water partition coefficient (Wildman–Crippen LogP) is 4.42. The zero-order chi connectivity index (χ0) is 11.3. The van der Waals surface area contributed by atoms with Gasteiger partial charge in [-0.3, -0.25) is 0 Å². The van der Waals surface area contributed by atoms with Gasteiger partial charge in [-0.2, -0.15) is 0 Å². The lowest BCUT2D eigenvalue weighted by molar-refractivity contribution is 0.188. The first-order valence-electron chi connectivity index (χ1n) is 5.88. The molecule has 4 aliphatic rings. The third-order valence-electron chi connectivity index (χ3n) is 5.40. The van der Waals surface area contributed by atoms with Gasteiger partial charge in [0.2, 0.25) is 0 Å². The van der Waals surface area contributed by atoms with E-state index >= 15 is 0 Å². The highest BCUT2D eigenvalue weighted by atomic mass is 35.5. The van der Waals surface area contributed by atoms with Crippen LogP contribution in [0.15, 0.2) is 12.2 Å². The van der Waals surface area contributed by atoms with Crippen molar-refractivity contribution in [3.63, 3.8) is 0 Å². The molecule has 0 N–H and O–H groups in total. The maximum atomic E-state index is 6.44. The zero-order valence-corrected chi connectivity index (χ0v) is 11.6. The Balaban J connectivity index is 1.83. The van der Waals surface area contributed by atoms with Gasteiger partial charge in [-0.05, 0) is 48.3 Å². The predicted molar refractivity (Wildman–Crippen MR) is 68.2 cm³/mol. The molecule has 0 aromatic rings. The molecule has 0 radical (unpaired) electrons. The molecule has 0 spiro atoms. The van der Waals surface area contributed by atoms with Gasteiger partial charge in [0.25, 0.3) is 0 Å². The third-order valence-corrected chi connectivity index (χ3v) is 8.10. The summed E-state index contributed by atoms with van der Waals surface area (Å²) in [6.45, 7) is 0. The Kier molecular flexibility index (Phi) is 1.95. The van der Waals surface area contributed by atoms with Crippen LogP contribution in [0.1, 0.15) is 12.8 Å². The van der Waals surface area contributed by atoms with E-state index in [-0.39, 0.29) is 11.8 Å². The molecule has 0 heterocycles. The molecule has 0 aromatic carbocycles. The van der Waals surface area contributed by atoms with Crippen molar-refractivity contribution in [2.24, 2.45) is 35.5 Å². The summed E-state index contributed by atoms with van der Waals surface area (Å²) >= 11 is 25.7. The molecule has 4 aliphatic carbocycles. The average molecular weight is 298 g/mol. The van der Waals surface area contributed by atoms with E-state index in [4.69, 9.17) is 46.4 Å². The molecule has 0 saturated heterocycles. The normalized spacial score (nSPS) is 58.2. The monoisotopic (exact) mass is 296 g/mol. The van der Waals surface area contributed by atoms with Crippen molar-refractivity contribution in [3.05, 3.63) is 12.2 Å². The highest BCUT2D eigenvalue weighted by molar-refractivity contribution is 6.63. The van der Waals surface area contributed by atoms with Crippen LogP contribution in [-0.4, -0.2) is 8.67 Å². The largest absolute Gasteiger partial charge is 0.154 e. The summed E-state index contributed by atoms with van der Waals surface area (Å²) in [7, 11) is 0. The van der Waals surface area contributed by atoms with Gasteiger partial charge >= 0.3 is 0 Å². The second-order valence-electron chi connectivity index (χ2n) is 5.80. The van der Waals surface area contributed by atoms with E-state index in [2.05, 4.69) is 12.2 Å².